The van der Waals surface area contributed by atoms with Gasteiger partial charge in [-0.05, 0) is 18.1 Å². The molecule has 0 bridgehead atoms. The summed E-state index contributed by atoms with van der Waals surface area (Å²) >= 11 is 8.91. The van der Waals surface area contributed by atoms with Crippen molar-refractivity contribution < 1.29 is 20.1 Å². The van der Waals surface area contributed by atoms with Crippen molar-refractivity contribution in [1.29, 1.82) is 0 Å². The van der Waals surface area contributed by atoms with Gasteiger partial charge in [0.05, 0.1) is 16.7 Å². The Morgan fingerprint density at radius 2 is 2.06 bits per heavy atom. The van der Waals surface area contributed by atoms with Gasteiger partial charge in [-0.3, -0.25) is 0 Å². The molecule has 0 spiro atoms. The zero-order valence-electron chi connectivity index (χ0n) is 8.81. The highest BCUT2D eigenvalue weighted by molar-refractivity contribution is 9.09. The fourth-order valence-corrected chi connectivity index (χ4v) is 2.22. The molecule has 3 N–H and O–H groups in total. The van der Waals surface area contributed by atoms with E-state index in [4.69, 9.17) is 16.7 Å². The number of rotatable bonds is 5. The van der Waals surface area contributed by atoms with Crippen LogP contribution in [0.3, 0.4) is 0 Å². The molecule has 0 aliphatic heterocycles. The lowest BCUT2D eigenvalue weighted by molar-refractivity contribution is 0.0164. The van der Waals surface area contributed by atoms with E-state index in [1.54, 1.807) is 0 Å². The Labute approximate surface area is 112 Å². The summed E-state index contributed by atoms with van der Waals surface area (Å²) in [5, 5.41) is 29.1. The molecule has 17 heavy (non-hydrogen) atoms. The molecule has 0 amide bonds. The maximum Gasteiger partial charge on any atom is 0.337 e. The van der Waals surface area contributed by atoms with Gasteiger partial charge >= 0.3 is 5.97 Å². The van der Waals surface area contributed by atoms with Crippen molar-refractivity contribution >= 4 is 33.5 Å². The summed E-state index contributed by atoms with van der Waals surface area (Å²) in [6.07, 6.45) is -1.99. The van der Waals surface area contributed by atoms with Gasteiger partial charge in [-0.25, -0.2) is 4.79 Å². The van der Waals surface area contributed by atoms with Crippen LogP contribution in [-0.2, 0) is 0 Å². The predicted octanol–water partition coefficient (Wildman–Crippen LogP) is 2.22. The van der Waals surface area contributed by atoms with Crippen molar-refractivity contribution in [2.75, 3.05) is 5.33 Å². The van der Waals surface area contributed by atoms with E-state index >= 15 is 0 Å². The second-order valence-electron chi connectivity index (χ2n) is 3.50. The lowest BCUT2D eigenvalue weighted by atomic mass is 9.97. The number of hydrogen-bond acceptors (Lipinski definition) is 3. The topological polar surface area (TPSA) is 77.8 Å². The monoisotopic (exact) mass is 322 g/mol. The van der Waals surface area contributed by atoms with Crippen molar-refractivity contribution in [2.45, 2.75) is 18.6 Å². The van der Waals surface area contributed by atoms with E-state index in [1.165, 1.54) is 18.2 Å². The Bertz CT molecular complexity index is 410. The number of hydrogen-bond donors (Lipinski definition) is 3. The van der Waals surface area contributed by atoms with Gasteiger partial charge in [-0.2, -0.15) is 0 Å². The highest BCUT2D eigenvalue weighted by Crippen LogP contribution is 2.28. The minimum Gasteiger partial charge on any atom is -0.478 e. The van der Waals surface area contributed by atoms with Crippen LogP contribution in [0.25, 0.3) is 0 Å². The van der Waals surface area contributed by atoms with Crippen LogP contribution in [0.1, 0.15) is 28.4 Å². The number of halogens is 2. The highest BCUT2D eigenvalue weighted by Gasteiger charge is 2.24. The van der Waals surface area contributed by atoms with Crippen LogP contribution in [0.15, 0.2) is 18.2 Å². The first-order valence-electron chi connectivity index (χ1n) is 4.92. The van der Waals surface area contributed by atoms with Gasteiger partial charge in [0.25, 0.3) is 0 Å². The third-order valence-electron chi connectivity index (χ3n) is 2.35. The summed E-state index contributed by atoms with van der Waals surface area (Å²) < 4.78 is 0. The van der Waals surface area contributed by atoms with Gasteiger partial charge < -0.3 is 15.3 Å². The Morgan fingerprint density at radius 1 is 1.41 bits per heavy atom. The Hall–Kier alpha value is -0.620. The summed E-state index contributed by atoms with van der Waals surface area (Å²) in [6, 6.07) is 4.41. The molecule has 6 heteroatoms. The Kier molecular flexibility index (Phi) is 5.39. The van der Waals surface area contributed by atoms with E-state index in [2.05, 4.69) is 15.9 Å². The molecule has 1 aromatic rings. The van der Waals surface area contributed by atoms with Gasteiger partial charge in [0.1, 0.15) is 6.10 Å². The molecule has 0 saturated carbocycles. The lowest BCUT2D eigenvalue weighted by Gasteiger charge is -2.19. The first kappa shape index (κ1) is 14.4. The van der Waals surface area contributed by atoms with Gasteiger partial charge in [0.2, 0.25) is 0 Å². The summed E-state index contributed by atoms with van der Waals surface area (Å²) in [7, 11) is 0. The van der Waals surface area contributed by atoms with Crippen LogP contribution in [0.4, 0.5) is 0 Å². The van der Waals surface area contributed by atoms with E-state index in [0.29, 0.717) is 11.8 Å². The van der Waals surface area contributed by atoms with Crippen molar-refractivity contribution in [3.8, 4) is 0 Å². The van der Waals surface area contributed by atoms with E-state index in [9.17, 15) is 15.0 Å². The second-order valence-corrected chi connectivity index (χ2v) is 4.70. The molecule has 94 valence electrons. The van der Waals surface area contributed by atoms with Crippen molar-refractivity contribution in [1.82, 2.24) is 0 Å². The quantitative estimate of drug-likeness (QED) is 0.726. The van der Waals surface area contributed by atoms with Crippen LogP contribution in [0.5, 0.6) is 0 Å². The minimum atomic E-state index is -1.27. The van der Waals surface area contributed by atoms with Crippen LogP contribution < -0.4 is 0 Å². The summed E-state index contributed by atoms with van der Waals surface area (Å²) in [4.78, 5) is 11.0. The number of carboxylic acid groups (broad SMARTS) is 1. The van der Waals surface area contributed by atoms with Crippen LogP contribution >= 0.6 is 27.5 Å². The Morgan fingerprint density at radius 3 is 2.59 bits per heavy atom. The first-order valence-corrected chi connectivity index (χ1v) is 6.42. The van der Waals surface area contributed by atoms with Crippen LogP contribution in [0, 0.1) is 0 Å². The average Bonchev–Trinajstić information content (AvgIpc) is 2.27. The molecule has 0 aliphatic rings. The van der Waals surface area contributed by atoms with Crippen molar-refractivity contribution in [2.24, 2.45) is 0 Å². The van der Waals surface area contributed by atoms with E-state index in [1.807, 2.05) is 0 Å². The minimum absolute atomic E-state index is 0.0418. The standard InChI is InChI=1S/C11H12BrClO4/c12-5-4-8(14)10(15)6-2-1-3-7(13)9(6)11(16)17/h1-3,8,10,14-15H,4-5H2,(H,16,17). The molecule has 4 nitrogen and oxygen atoms in total. The molecule has 0 fully saturated rings. The molecular formula is C11H12BrClO4. The number of aliphatic hydroxyl groups is 2. The molecule has 2 unspecified atom stereocenters. The van der Waals surface area contributed by atoms with Crippen LogP contribution in [0.2, 0.25) is 5.02 Å². The summed E-state index contributed by atoms with van der Waals surface area (Å²) in [6.45, 7) is 0. The zero-order chi connectivity index (χ0) is 13.0. The SMILES string of the molecule is O=C(O)c1c(Cl)cccc1C(O)C(O)CCBr. The molecule has 2 atom stereocenters. The molecule has 0 saturated heterocycles. The third kappa shape index (κ3) is 3.42. The van der Waals surface area contributed by atoms with E-state index in [-0.39, 0.29) is 16.1 Å². The molecule has 0 heterocycles. The summed E-state index contributed by atoms with van der Waals surface area (Å²) in [5.74, 6) is -1.23. The average molecular weight is 324 g/mol. The fraction of sp³-hybridized carbons (Fsp3) is 0.364. The highest BCUT2D eigenvalue weighted by atomic mass is 79.9. The van der Waals surface area contributed by atoms with Gasteiger partial charge in [0, 0.05) is 5.33 Å². The maximum atomic E-state index is 11.0. The molecule has 0 aromatic heterocycles. The zero-order valence-corrected chi connectivity index (χ0v) is 11.1. The first-order chi connectivity index (χ1) is 7.99. The lowest BCUT2D eigenvalue weighted by Crippen LogP contribution is -2.21. The predicted molar refractivity (Wildman–Crippen MR) is 67.8 cm³/mol. The normalized spacial score (nSPS) is 14.4. The Balaban J connectivity index is 3.13. The number of aliphatic hydroxyl groups excluding tert-OH is 2. The number of carbonyl (C=O) groups is 1. The van der Waals surface area contributed by atoms with Gasteiger partial charge in [0.15, 0.2) is 0 Å². The number of benzene rings is 1. The third-order valence-corrected chi connectivity index (χ3v) is 3.12. The molecular weight excluding hydrogens is 311 g/mol. The molecule has 1 aromatic carbocycles. The number of aromatic carboxylic acids is 1. The van der Waals surface area contributed by atoms with Crippen molar-refractivity contribution in [3.63, 3.8) is 0 Å². The number of carboxylic acids is 1. The fourth-order valence-electron chi connectivity index (χ4n) is 1.49. The van der Waals surface area contributed by atoms with Gasteiger partial charge in [-0.1, -0.05) is 39.7 Å². The molecule has 0 aliphatic carbocycles. The van der Waals surface area contributed by atoms with Crippen molar-refractivity contribution in [3.05, 3.63) is 34.3 Å². The number of alkyl halides is 1. The van der Waals surface area contributed by atoms with Crippen LogP contribution in [-0.4, -0.2) is 32.7 Å². The van der Waals surface area contributed by atoms with E-state index in [0.717, 1.165) is 0 Å². The maximum absolute atomic E-state index is 11.0. The summed E-state index contributed by atoms with van der Waals surface area (Å²) in [5.41, 5.74) is -0.0475. The smallest absolute Gasteiger partial charge is 0.337 e. The van der Waals surface area contributed by atoms with E-state index < -0.39 is 18.2 Å². The second kappa shape index (κ2) is 6.35. The molecule has 1 rings (SSSR count). The largest absolute Gasteiger partial charge is 0.478 e. The molecule has 0 radical (unpaired) electrons. The van der Waals surface area contributed by atoms with Gasteiger partial charge in [-0.15, -0.1) is 0 Å².